The van der Waals surface area contributed by atoms with Crippen molar-refractivity contribution in [3.8, 4) is 17.1 Å². The van der Waals surface area contributed by atoms with E-state index in [1.807, 2.05) is 23.7 Å². The first-order valence-corrected chi connectivity index (χ1v) is 15.3. The number of fused-ring (bicyclic) bond motifs is 1. The summed E-state index contributed by atoms with van der Waals surface area (Å²) in [6.07, 6.45) is 5.60. The van der Waals surface area contributed by atoms with Crippen LogP contribution in [0.15, 0.2) is 71.2 Å². The number of carbonyl (C=O) groups is 1. The average molecular weight is 602 g/mol. The van der Waals surface area contributed by atoms with Gasteiger partial charge in [-0.05, 0) is 61.4 Å². The number of aromatic hydroxyl groups is 1. The topological polar surface area (TPSA) is 119 Å². The number of nitrogens with one attached hydrogen (secondary N) is 2. The van der Waals surface area contributed by atoms with Crippen LogP contribution in [-0.4, -0.2) is 84.7 Å². The van der Waals surface area contributed by atoms with E-state index < -0.39 is 9.84 Å². The lowest BCUT2D eigenvalue weighted by molar-refractivity contribution is 0.0954. The summed E-state index contributed by atoms with van der Waals surface area (Å²) in [7, 11) is -1.49. The van der Waals surface area contributed by atoms with Crippen molar-refractivity contribution >= 4 is 50.4 Å². The zero-order chi connectivity index (χ0) is 27.4. The monoisotopic (exact) mass is 601 g/mol. The third-order valence-electron chi connectivity index (χ3n) is 6.80. The molecular weight excluding hydrogens is 570 g/mol. The highest BCUT2D eigenvalue weighted by molar-refractivity contribution is 7.91. The van der Waals surface area contributed by atoms with E-state index in [1.54, 1.807) is 41.7 Å². The zero-order valence-corrected chi connectivity index (χ0v) is 24.5. The molecule has 5 rings (SSSR count). The predicted octanol–water partition coefficient (Wildman–Crippen LogP) is 3.93. The van der Waals surface area contributed by atoms with E-state index in [1.165, 1.54) is 17.1 Å². The van der Waals surface area contributed by atoms with Crippen molar-refractivity contribution in [2.75, 3.05) is 45.5 Å². The molecule has 1 fully saturated rings. The molecule has 4 aromatic rings. The molecule has 40 heavy (non-hydrogen) atoms. The van der Waals surface area contributed by atoms with Crippen LogP contribution in [0.5, 0.6) is 5.88 Å². The van der Waals surface area contributed by atoms with Gasteiger partial charge in [0.15, 0.2) is 15.7 Å². The third kappa shape index (κ3) is 6.84. The molecule has 0 saturated carbocycles. The quantitative estimate of drug-likeness (QED) is 0.266. The van der Waals surface area contributed by atoms with E-state index in [0.717, 1.165) is 32.6 Å². The van der Waals surface area contributed by atoms with Gasteiger partial charge in [-0.3, -0.25) is 9.78 Å². The van der Waals surface area contributed by atoms with Gasteiger partial charge in [0.1, 0.15) is 0 Å². The minimum absolute atomic E-state index is 0. The maximum absolute atomic E-state index is 12.9. The Morgan fingerprint density at radius 1 is 1.18 bits per heavy atom. The first-order valence-electron chi connectivity index (χ1n) is 12.7. The SMILES string of the molecule is CN1CCN(C=CCS(=O)(=O)c2ccc(-c3c(O)[nH]c4ccc(C(=O)NCCc5cccs5)cc34)nc2)CC1.Cl. The van der Waals surface area contributed by atoms with Crippen molar-refractivity contribution in [1.29, 1.82) is 0 Å². The van der Waals surface area contributed by atoms with Crippen LogP contribution in [0.4, 0.5) is 0 Å². The standard InChI is InChI=1S/C28H31N5O4S2.ClH/c1-32-12-14-33(15-13-32)11-3-17-39(36,37)22-6-8-25(30-19-22)26-23-18-20(5-7-24(23)31-28(26)35)27(34)29-10-9-21-4-2-16-38-21;/h2-8,11,16,18-19,31,35H,9-10,12-15,17H2,1H3,(H,29,34);1H. The van der Waals surface area contributed by atoms with Crippen LogP contribution in [0.2, 0.25) is 0 Å². The number of amides is 1. The molecule has 12 heteroatoms. The summed E-state index contributed by atoms with van der Waals surface area (Å²) in [6, 6.07) is 12.2. The van der Waals surface area contributed by atoms with Gasteiger partial charge in [0, 0.05) is 60.3 Å². The highest BCUT2D eigenvalue weighted by Crippen LogP contribution is 2.36. The summed E-state index contributed by atoms with van der Waals surface area (Å²) in [4.78, 5) is 25.7. The lowest BCUT2D eigenvalue weighted by Gasteiger charge is -2.31. The van der Waals surface area contributed by atoms with Crippen LogP contribution in [0.25, 0.3) is 22.2 Å². The number of piperazine rings is 1. The van der Waals surface area contributed by atoms with E-state index in [-0.39, 0.29) is 34.8 Å². The van der Waals surface area contributed by atoms with Crippen molar-refractivity contribution in [3.63, 3.8) is 0 Å². The van der Waals surface area contributed by atoms with Crippen LogP contribution < -0.4 is 5.32 Å². The van der Waals surface area contributed by atoms with E-state index in [0.29, 0.717) is 34.3 Å². The Labute approximate surface area is 243 Å². The molecule has 1 aromatic carbocycles. The minimum atomic E-state index is -3.56. The number of benzene rings is 1. The largest absolute Gasteiger partial charge is 0.494 e. The van der Waals surface area contributed by atoms with Crippen molar-refractivity contribution in [2.24, 2.45) is 0 Å². The number of aromatic amines is 1. The Morgan fingerprint density at radius 2 is 1.98 bits per heavy atom. The second-order valence-corrected chi connectivity index (χ2v) is 12.6. The molecule has 1 aliphatic rings. The molecule has 212 valence electrons. The second kappa shape index (κ2) is 12.9. The summed E-state index contributed by atoms with van der Waals surface area (Å²) in [6.45, 7) is 4.16. The number of thiophene rings is 1. The minimum Gasteiger partial charge on any atom is -0.494 e. The molecule has 0 spiro atoms. The molecule has 1 aliphatic heterocycles. The molecule has 1 saturated heterocycles. The molecule has 0 radical (unpaired) electrons. The molecular formula is C28H32ClN5O4S2. The number of rotatable bonds is 9. The Hall–Kier alpha value is -3.38. The number of aromatic nitrogens is 2. The molecule has 9 nitrogen and oxygen atoms in total. The fraction of sp³-hybridized carbons (Fsp3) is 0.286. The van der Waals surface area contributed by atoms with Gasteiger partial charge in [0.2, 0.25) is 0 Å². The normalized spacial score (nSPS) is 14.5. The van der Waals surface area contributed by atoms with Crippen molar-refractivity contribution in [2.45, 2.75) is 11.3 Å². The maximum atomic E-state index is 12.9. The van der Waals surface area contributed by atoms with Gasteiger partial charge in [0.05, 0.1) is 21.9 Å². The summed E-state index contributed by atoms with van der Waals surface area (Å²) in [5.41, 5.74) is 1.92. The highest BCUT2D eigenvalue weighted by Gasteiger charge is 2.19. The van der Waals surface area contributed by atoms with Gasteiger partial charge in [-0.1, -0.05) is 12.1 Å². The molecule has 3 N–H and O–H groups in total. The number of hydrogen-bond acceptors (Lipinski definition) is 8. The number of likely N-dealkylation sites (N-methyl/N-ethyl adjacent to an activating group) is 1. The van der Waals surface area contributed by atoms with E-state index >= 15 is 0 Å². The number of sulfone groups is 1. The molecule has 0 bridgehead atoms. The fourth-order valence-corrected chi connectivity index (χ4v) is 6.26. The highest BCUT2D eigenvalue weighted by atomic mass is 35.5. The zero-order valence-electron chi connectivity index (χ0n) is 22.0. The predicted molar refractivity (Wildman–Crippen MR) is 161 cm³/mol. The van der Waals surface area contributed by atoms with E-state index in [2.05, 4.69) is 32.1 Å². The number of carbonyl (C=O) groups excluding carboxylic acids is 1. The number of hydrogen-bond donors (Lipinski definition) is 3. The van der Waals surface area contributed by atoms with Gasteiger partial charge < -0.3 is 25.2 Å². The fourth-order valence-electron chi connectivity index (χ4n) is 4.53. The van der Waals surface area contributed by atoms with Crippen molar-refractivity contribution in [1.82, 2.24) is 25.1 Å². The Kier molecular flexibility index (Phi) is 9.52. The second-order valence-electron chi connectivity index (χ2n) is 9.58. The molecule has 4 heterocycles. The van der Waals surface area contributed by atoms with Crippen LogP contribution in [0.3, 0.4) is 0 Å². The average Bonchev–Trinajstić information content (AvgIpc) is 3.56. The van der Waals surface area contributed by atoms with Crippen LogP contribution in [0, 0.1) is 0 Å². The Bertz CT molecular complexity index is 1580. The van der Waals surface area contributed by atoms with Crippen molar-refractivity contribution in [3.05, 3.63) is 76.8 Å². The summed E-state index contributed by atoms with van der Waals surface area (Å²) < 4.78 is 25.7. The van der Waals surface area contributed by atoms with Gasteiger partial charge >= 0.3 is 0 Å². The van der Waals surface area contributed by atoms with Gasteiger partial charge in [0.25, 0.3) is 5.91 Å². The van der Waals surface area contributed by atoms with E-state index in [9.17, 15) is 18.3 Å². The lowest BCUT2D eigenvalue weighted by atomic mass is 10.1. The third-order valence-corrected chi connectivity index (χ3v) is 9.33. The summed E-state index contributed by atoms with van der Waals surface area (Å²) in [5, 5.41) is 16.2. The van der Waals surface area contributed by atoms with Crippen LogP contribution in [0.1, 0.15) is 15.2 Å². The van der Waals surface area contributed by atoms with E-state index in [4.69, 9.17) is 0 Å². The molecule has 1 amide bonds. The Balaban J connectivity index is 0.00000370. The molecule has 3 aromatic heterocycles. The Morgan fingerprint density at radius 3 is 2.67 bits per heavy atom. The van der Waals surface area contributed by atoms with Crippen molar-refractivity contribution < 1.29 is 18.3 Å². The van der Waals surface area contributed by atoms with Gasteiger partial charge in [-0.15, -0.1) is 23.7 Å². The first kappa shape index (κ1) is 29.6. The summed E-state index contributed by atoms with van der Waals surface area (Å²) >= 11 is 1.65. The van der Waals surface area contributed by atoms with Gasteiger partial charge in [-0.2, -0.15) is 0 Å². The number of pyridine rings is 1. The number of H-pyrrole nitrogens is 1. The molecule has 0 unspecified atom stereocenters. The lowest BCUT2D eigenvalue weighted by Crippen LogP contribution is -2.41. The summed E-state index contributed by atoms with van der Waals surface area (Å²) in [5.74, 6) is -0.429. The number of nitrogens with zero attached hydrogens (tertiary/aromatic N) is 3. The molecule has 0 aliphatic carbocycles. The van der Waals surface area contributed by atoms with Gasteiger partial charge in [-0.25, -0.2) is 8.42 Å². The van der Waals surface area contributed by atoms with Crippen LogP contribution in [-0.2, 0) is 16.3 Å². The van der Waals surface area contributed by atoms with Crippen LogP contribution >= 0.6 is 23.7 Å². The first-order chi connectivity index (χ1) is 18.8. The smallest absolute Gasteiger partial charge is 0.251 e. The number of halogens is 1. The molecule has 0 atom stereocenters. The maximum Gasteiger partial charge on any atom is 0.251 e.